The predicted octanol–water partition coefficient (Wildman–Crippen LogP) is 4.28. The Morgan fingerprint density at radius 1 is 0.806 bits per heavy atom. The summed E-state index contributed by atoms with van der Waals surface area (Å²) in [5, 5.41) is 0. The van der Waals surface area contributed by atoms with E-state index in [4.69, 9.17) is 9.78 Å². The molecule has 2 aromatic carbocycles. The number of fused-ring (bicyclic) bond motifs is 2. The number of allylic oxidation sites excluding steroid dienone is 2. The normalized spacial score (nSPS) is 22.5. The molecule has 0 bridgehead atoms. The molecule has 0 spiro atoms. The molecule has 0 aliphatic carbocycles. The SMILES string of the molecule is C=C=CCC1C(=O)N(C2(N3C(=O)C(CC=C=C)c4ccccc43)OO2)c2ccccc21. The molecule has 0 radical (unpaired) electrons. The van der Waals surface area contributed by atoms with Crippen LogP contribution in [0.15, 0.2) is 85.3 Å². The number of hydrogen-bond donors (Lipinski definition) is 0. The molecule has 5 rings (SSSR count). The Kier molecular flexibility index (Phi) is 4.51. The van der Waals surface area contributed by atoms with Crippen molar-refractivity contribution in [3.05, 3.63) is 96.4 Å². The van der Waals surface area contributed by atoms with E-state index >= 15 is 0 Å². The van der Waals surface area contributed by atoms with Crippen LogP contribution in [0.2, 0.25) is 0 Å². The average molecular weight is 412 g/mol. The number of carbonyl (C=O) groups is 2. The fourth-order valence-electron chi connectivity index (χ4n) is 4.51. The summed E-state index contributed by atoms with van der Waals surface area (Å²) in [5.41, 5.74) is 8.48. The quantitative estimate of drug-likeness (QED) is 0.404. The molecule has 6 nitrogen and oxygen atoms in total. The molecule has 31 heavy (non-hydrogen) atoms. The smallest absolute Gasteiger partial charge is 0.274 e. The lowest BCUT2D eigenvalue weighted by Crippen LogP contribution is -2.55. The molecule has 0 saturated carbocycles. The third kappa shape index (κ3) is 2.75. The fraction of sp³-hybridized carbons (Fsp3) is 0.200. The van der Waals surface area contributed by atoms with Gasteiger partial charge < -0.3 is 0 Å². The van der Waals surface area contributed by atoms with Crippen LogP contribution in [0.4, 0.5) is 11.4 Å². The Morgan fingerprint density at radius 2 is 1.23 bits per heavy atom. The summed E-state index contributed by atoms with van der Waals surface area (Å²) in [6.45, 7) is 7.19. The van der Waals surface area contributed by atoms with Gasteiger partial charge in [0.2, 0.25) is 11.8 Å². The van der Waals surface area contributed by atoms with Gasteiger partial charge in [0.05, 0.1) is 23.2 Å². The molecular weight excluding hydrogens is 392 g/mol. The monoisotopic (exact) mass is 412 g/mol. The van der Waals surface area contributed by atoms with E-state index in [1.54, 1.807) is 12.2 Å². The molecular formula is C25H20N2O4. The highest BCUT2D eigenvalue weighted by Gasteiger charge is 2.69. The number of amides is 2. The average Bonchev–Trinajstić information content (AvgIpc) is 3.43. The van der Waals surface area contributed by atoms with E-state index in [9.17, 15) is 9.59 Å². The molecule has 2 unspecified atom stereocenters. The highest BCUT2D eigenvalue weighted by molar-refractivity contribution is 6.11. The van der Waals surface area contributed by atoms with Crippen LogP contribution >= 0.6 is 0 Å². The van der Waals surface area contributed by atoms with Crippen molar-refractivity contribution in [1.29, 1.82) is 0 Å². The second-order valence-electron chi connectivity index (χ2n) is 7.57. The lowest BCUT2D eigenvalue weighted by molar-refractivity contribution is -0.122. The minimum absolute atomic E-state index is 0.204. The number of carbonyl (C=O) groups excluding carboxylic acids is 2. The number of nitrogens with zero attached hydrogens (tertiary/aromatic N) is 2. The molecule has 154 valence electrons. The summed E-state index contributed by atoms with van der Waals surface area (Å²) < 4.78 is 0. The number of rotatable bonds is 6. The second-order valence-corrected chi connectivity index (χ2v) is 7.57. The van der Waals surface area contributed by atoms with Gasteiger partial charge in [0.25, 0.3) is 0 Å². The fourth-order valence-corrected chi connectivity index (χ4v) is 4.51. The van der Waals surface area contributed by atoms with Crippen molar-refractivity contribution in [3.8, 4) is 0 Å². The molecule has 0 N–H and O–H groups in total. The van der Waals surface area contributed by atoms with Gasteiger partial charge in [-0.15, -0.1) is 21.2 Å². The molecule has 3 heterocycles. The summed E-state index contributed by atoms with van der Waals surface area (Å²) in [6.07, 6.45) is 4.36. The first kappa shape index (κ1) is 19.3. The molecule has 2 aromatic rings. The van der Waals surface area contributed by atoms with Crippen molar-refractivity contribution in [2.45, 2.75) is 30.7 Å². The zero-order valence-corrected chi connectivity index (χ0v) is 16.8. The Labute approximate surface area is 179 Å². The first-order valence-corrected chi connectivity index (χ1v) is 10.1. The lowest BCUT2D eigenvalue weighted by Gasteiger charge is -2.29. The van der Waals surface area contributed by atoms with E-state index in [1.165, 1.54) is 9.80 Å². The highest BCUT2D eigenvalue weighted by Crippen LogP contribution is 2.54. The summed E-state index contributed by atoms with van der Waals surface area (Å²) in [6, 6.07) is 13.3. The summed E-state index contributed by atoms with van der Waals surface area (Å²) in [4.78, 5) is 40.9. The minimum atomic E-state index is -1.64. The van der Waals surface area contributed by atoms with Gasteiger partial charge in [-0.05, 0) is 48.3 Å². The van der Waals surface area contributed by atoms with E-state index in [1.807, 2.05) is 48.5 Å². The predicted molar refractivity (Wildman–Crippen MR) is 115 cm³/mol. The van der Waals surface area contributed by atoms with Gasteiger partial charge in [0.1, 0.15) is 0 Å². The maximum atomic E-state index is 13.5. The third-order valence-electron chi connectivity index (χ3n) is 5.94. The number of anilines is 2. The van der Waals surface area contributed by atoms with E-state index in [0.717, 1.165) is 11.1 Å². The number of benzene rings is 2. The van der Waals surface area contributed by atoms with Gasteiger partial charge in [-0.3, -0.25) is 9.59 Å². The van der Waals surface area contributed by atoms with Crippen LogP contribution in [0.1, 0.15) is 35.8 Å². The largest absolute Gasteiger partial charge is 0.410 e. The Hall–Kier alpha value is -3.66. The Bertz CT molecular complexity index is 1100. The van der Waals surface area contributed by atoms with E-state index < -0.39 is 17.9 Å². The van der Waals surface area contributed by atoms with E-state index in [0.29, 0.717) is 24.2 Å². The number of hydrogen-bond acceptors (Lipinski definition) is 4. The van der Waals surface area contributed by atoms with Crippen molar-refractivity contribution in [1.82, 2.24) is 0 Å². The molecule has 3 aliphatic rings. The van der Waals surface area contributed by atoms with Gasteiger partial charge in [0, 0.05) is 0 Å². The van der Waals surface area contributed by atoms with Gasteiger partial charge in [0.15, 0.2) is 0 Å². The van der Waals surface area contributed by atoms with Crippen LogP contribution < -0.4 is 9.80 Å². The molecule has 3 aliphatic heterocycles. The zero-order valence-electron chi connectivity index (χ0n) is 16.8. The summed E-state index contributed by atoms with van der Waals surface area (Å²) in [5.74, 6) is -1.26. The highest BCUT2D eigenvalue weighted by atomic mass is 17.4. The van der Waals surface area contributed by atoms with Crippen LogP contribution in [0.25, 0.3) is 0 Å². The van der Waals surface area contributed by atoms with Crippen LogP contribution in [0, 0.1) is 0 Å². The molecule has 0 aromatic heterocycles. The number of para-hydroxylation sites is 2. The van der Waals surface area contributed by atoms with E-state index in [-0.39, 0.29) is 11.8 Å². The summed E-state index contributed by atoms with van der Waals surface area (Å²) in [7, 11) is 0. The minimum Gasteiger partial charge on any atom is -0.274 e. The molecule has 1 fully saturated rings. The Morgan fingerprint density at radius 3 is 1.61 bits per heavy atom. The topological polar surface area (TPSA) is 65.7 Å². The molecule has 1 saturated heterocycles. The molecule has 6 heteroatoms. The molecule has 2 amide bonds. The van der Waals surface area contributed by atoms with Crippen LogP contribution in [0.3, 0.4) is 0 Å². The van der Waals surface area contributed by atoms with Crippen LogP contribution in [-0.2, 0) is 19.4 Å². The second kappa shape index (κ2) is 7.24. The van der Waals surface area contributed by atoms with Crippen LogP contribution in [0.5, 0.6) is 0 Å². The van der Waals surface area contributed by atoms with Crippen molar-refractivity contribution in [2.24, 2.45) is 0 Å². The van der Waals surface area contributed by atoms with Crippen molar-refractivity contribution in [3.63, 3.8) is 0 Å². The van der Waals surface area contributed by atoms with Gasteiger partial charge >= 0.3 is 6.03 Å². The summed E-state index contributed by atoms with van der Waals surface area (Å²) >= 11 is 0. The van der Waals surface area contributed by atoms with Gasteiger partial charge in [-0.25, -0.2) is 9.80 Å². The third-order valence-corrected chi connectivity index (χ3v) is 5.94. The van der Waals surface area contributed by atoms with Crippen molar-refractivity contribution in [2.75, 3.05) is 9.80 Å². The first-order valence-electron chi connectivity index (χ1n) is 10.1. The first-order chi connectivity index (χ1) is 15.1. The van der Waals surface area contributed by atoms with Crippen LogP contribution in [-0.4, -0.2) is 17.8 Å². The Balaban J connectivity index is 1.60. The maximum absolute atomic E-state index is 13.5. The van der Waals surface area contributed by atoms with Crippen molar-refractivity contribution >= 4 is 23.2 Å². The standard InChI is InChI=1S/C25H20N2O4/c1-3-5-11-19-17-13-7-9-15-21(17)26(23(19)28)25(30-31-25)27-22-16-10-8-14-18(22)20(24(27)29)12-6-4-2/h5-10,13-16,19-20H,1-2,11-12H2. The van der Waals surface area contributed by atoms with Gasteiger partial charge in [-0.2, -0.15) is 0 Å². The lowest BCUT2D eigenvalue weighted by atomic mass is 9.97. The van der Waals surface area contributed by atoms with Crippen molar-refractivity contribution < 1.29 is 19.4 Å². The zero-order chi connectivity index (χ0) is 21.6. The molecule has 2 atom stereocenters. The van der Waals surface area contributed by atoms with Gasteiger partial charge in [-0.1, -0.05) is 49.6 Å². The van der Waals surface area contributed by atoms with E-state index in [2.05, 4.69) is 24.6 Å². The maximum Gasteiger partial charge on any atom is 0.410 e.